The average Bonchev–Trinajstić information content (AvgIpc) is 4.17. The summed E-state index contributed by atoms with van der Waals surface area (Å²) in [5.41, 5.74) is 14.8. The van der Waals surface area contributed by atoms with Crippen LogP contribution in [-0.2, 0) is 38.3 Å². The van der Waals surface area contributed by atoms with Crippen molar-refractivity contribution < 1.29 is 28.7 Å². The smallest absolute Gasteiger partial charge is 0.407 e. The predicted octanol–water partition coefficient (Wildman–Crippen LogP) is 8.91. The minimum Gasteiger partial charge on any atom is -0.453 e. The number of imidazole rings is 2. The van der Waals surface area contributed by atoms with Gasteiger partial charge in [0.1, 0.15) is 23.7 Å². The predicted molar refractivity (Wildman–Crippen MR) is 251 cm³/mol. The Labute approximate surface area is 386 Å². The number of hydrogen-bond donors (Lipinski definition) is 4. The van der Waals surface area contributed by atoms with E-state index in [0.29, 0.717) is 24.9 Å². The maximum Gasteiger partial charge on any atom is 0.407 e. The van der Waals surface area contributed by atoms with Gasteiger partial charge >= 0.3 is 12.2 Å². The van der Waals surface area contributed by atoms with Gasteiger partial charge in [-0.1, -0.05) is 58.0 Å². The first-order chi connectivity index (χ1) is 31.9. The lowest BCUT2D eigenvalue weighted by atomic mass is 9.72. The Hall–Kier alpha value is -6.18. The van der Waals surface area contributed by atoms with Gasteiger partial charge in [0.2, 0.25) is 11.8 Å². The number of H-pyrrole nitrogens is 2. The second-order valence-corrected chi connectivity index (χ2v) is 19.8. The highest BCUT2D eigenvalue weighted by atomic mass is 16.5. The van der Waals surface area contributed by atoms with Crippen LogP contribution in [-0.4, -0.2) is 93.1 Å². The van der Waals surface area contributed by atoms with Crippen molar-refractivity contribution in [3.8, 4) is 33.5 Å². The van der Waals surface area contributed by atoms with Crippen LogP contribution in [0.5, 0.6) is 0 Å². The number of aromatic nitrogens is 4. The highest BCUT2D eigenvalue weighted by molar-refractivity contribution is 5.89. The van der Waals surface area contributed by atoms with Gasteiger partial charge in [-0.15, -0.1) is 0 Å². The molecule has 346 valence electrons. The van der Waals surface area contributed by atoms with Crippen molar-refractivity contribution in [2.75, 3.05) is 27.3 Å². The molecule has 1 saturated carbocycles. The van der Waals surface area contributed by atoms with Gasteiger partial charge < -0.3 is 39.9 Å². The molecule has 2 aliphatic heterocycles. The maximum absolute atomic E-state index is 13.8. The van der Waals surface area contributed by atoms with Crippen LogP contribution in [0.4, 0.5) is 9.59 Å². The van der Waals surface area contributed by atoms with Crippen LogP contribution < -0.4 is 10.6 Å². The summed E-state index contributed by atoms with van der Waals surface area (Å²) in [5, 5.41) is 5.50. The minimum absolute atomic E-state index is 0.0998. The molecule has 14 heteroatoms. The summed E-state index contributed by atoms with van der Waals surface area (Å²) in [7, 11) is 2.62. The fraction of sp³-hybridized carbons (Fsp3) is 0.500. The zero-order valence-corrected chi connectivity index (χ0v) is 39.0. The van der Waals surface area contributed by atoms with E-state index in [9.17, 15) is 19.2 Å². The van der Waals surface area contributed by atoms with Crippen LogP contribution in [0.1, 0.15) is 125 Å². The van der Waals surface area contributed by atoms with Gasteiger partial charge in [-0.2, -0.15) is 0 Å². The fourth-order valence-electron chi connectivity index (χ4n) is 11.9. The number of nitrogens with one attached hydrogen (secondary N) is 4. The van der Waals surface area contributed by atoms with Crippen molar-refractivity contribution in [2.45, 2.75) is 122 Å². The third-order valence-electron chi connectivity index (χ3n) is 15.4. The molecule has 4 amide bonds. The number of benzene rings is 3. The molecule has 4 heterocycles. The molecule has 3 aliphatic carbocycles. The molecule has 5 aliphatic rings. The third-order valence-corrected chi connectivity index (χ3v) is 15.4. The molecule has 10 rings (SSSR count). The summed E-state index contributed by atoms with van der Waals surface area (Å²) in [6.07, 6.45) is 10.8. The molecule has 2 saturated heterocycles. The van der Waals surface area contributed by atoms with Gasteiger partial charge in [-0.3, -0.25) is 9.59 Å². The SMILES string of the molecule is COC(=O)NC(C(=O)N1CCC[C@H]1c1nc(-c2ccc(-c3ccc(-c4ccc5nc([C@@H]6CCCN6C(=O)[C@@H](NC(=O)OC)C(C)C)[nH]c5c4)c4c3C3CCC3C4)c3c2CCC3)c[nH]1)C(C)C. The number of methoxy groups -OCH3 is 2. The Morgan fingerprint density at radius 2 is 1.29 bits per heavy atom. The number of carbonyl (C=O) groups is 4. The molecule has 0 radical (unpaired) electrons. The monoisotopic (exact) mass is 894 g/mol. The van der Waals surface area contributed by atoms with Gasteiger partial charge in [-0.25, -0.2) is 19.6 Å². The van der Waals surface area contributed by atoms with Crippen LogP contribution >= 0.6 is 0 Å². The second-order valence-electron chi connectivity index (χ2n) is 19.8. The lowest BCUT2D eigenvalue weighted by Crippen LogP contribution is -2.51. The number of carbonyl (C=O) groups excluding carboxylic acids is 4. The molecular formula is C52H62N8O6. The van der Waals surface area contributed by atoms with E-state index >= 15 is 0 Å². The molecule has 14 nitrogen and oxygen atoms in total. The molecule has 0 spiro atoms. The number of likely N-dealkylation sites (tertiary alicyclic amines) is 2. The van der Waals surface area contributed by atoms with Crippen molar-refractivity contribution in [3.63, 3.8) is 0 Å². The van der Waals surface area contributed by atoms with Crippen molar-refractivity contribution in [1.29, 1.82) is 0 Å². The van der Waals surface area contributed by atoms with Crippen molar-refractivity contribution >= 4 is 35.0 Å². The highest BCUT2D eigenvalue weighted by Crippen LogP contribution is 2.57. The molecule has 5 aromatic rings. The quantitative estimate of drug-likeness (QED) is 0.102. The molecule has 3 fully saturated rings. The van der Waals surface area contributed by atoms with Gasteiger partial charge in [0, 0.05) is 24.8 Å². The van der Waals surface area contributed by atoms with E-state index in [1.165, 1.54) is 71.6 Å². The topological polar surface area (TPSA) is 175 Å². The molecular weight excluding hydrogens is 833 g/mol. The first kappa shape index (κ1) is 43.7. The Morgan fingerprint density at radius 3 is 1.91 bits per heavy atom. The number of amides is 4. The minimum atomic E-state index is -0.686. The standard InChI is InChI=1S/C52H62N8O6/c1-27(2)45(57-51(63)65-5)49(61)59-22-8-12-42(59)47-53-26-41(56-47)36-19-18-35(33-10-7-11-34(33)36)37-20-17-31(38-24-29-14-16-32(29)44(37)38)30-15-21-39-40(25-30)55-48(54-39)43-13-9-23-60(43)50(62)46(28(3)4)58-52(64)66-6/h15,17-21,25-29,32,42-43,45-46H,7-14,16,22-24H2,1-6H3,(H,53,56)(H,54,55)(H,57,63)(H,58,64)/t29?,32?,42-,43-,45?,46-/m0/s1. The first-order valence-corrected chi connectivity index (χ1v) is 24.1. The van der Waals surface area contributed by atoms with E-state index < -0.39 is 24.3 Å². The number of alkyl carbamates (subject to hydrolysis) is 2. The molecule has 2 aromatic heterocycles. The normalized spacial score (nSPS) is 21.7. The summed E-state index contributed by atoms with van der Waals surface area (Å²) in [6.45, 7) is 8.93. The first-order valence-electron chi connectivity index (χ1n) is 24.1. The zero-order valence-electron chi connectivity index (χ0n) is 39.0. The Morgan fingerprint density at radius 1 is 0.682 bits per heavy atom. The number of ether oxygens (including phenoxy) is 2. The van der Waals surface area contributed by atoms with Crippen molar-refractivity contribution in [3.05, 3.63) is 82.6 Å². The van der Waals surface area contributed by atoms with Gasteiger partial charge in [0.25, 0.3) is 0 Å². The van der Waals surface area contributed by atoms with E-state index in [0.717, 1.165) is 85.3 Å². The van der Waals surface area contributed by atoms with Crippen LogP contribution in [0.2, 0.25) is 0 Å². The summed E-state index contributed by atoms with van der Waals surface area (Å²) >= 11 is 0. The number of hydrogen-bond acceptors (Lipinski definition) is 8. The molecule has 3 aromatic carbocycles. The maximum atomic E-state index is 13.8. The van der Waals surface area contributed by atoms with E-state index in [1.807, 2.05) is 43.7 Å². The summed E-state index contributed by atoms with van der Waals surface area (Å²) in [5.74, 6) is 2.35. The lowest BCUT2D eigenvalue weighted by molar-refractivity contribution is -0.136. The third kappa shape index (κ3) is 7.59. The molecule has 6 atom stereocenters. The Kier molecular flexibility index (Phi) is 11.6. The number of rotatable bonds is 11. The average molecular weight is 895 g/mol. The van der Waals surface area contributed by atoms with Crippen molar-refractivity contribution in [2.24, 2.45) is 17.8 Å². The lowest BCUT2D eigenvalue weighted by Gasteiger charge is -2.32. The molecule has 4 N–H and O–H groups in total. The largest absolute Gasteiger partial charge is 0.453 e. The zero-order chi connectivity index (χ0) is 46.0. The number of nitrogens with zero attached hydrogens (tertiary/aromatic N) is 4. The van der Waals surface area contributed by atoms with E-state index in [4.69, 9.17) is 19.4 Å². The van der Waals surface area contributed by atoms with Crippen LogP contribution in [0.15, 0.2) is 48.7 Å². The highest BCUT2D eigenvalue weighted by Gasteiger charge is 2.43. The molecule has 66 heavy (non-hydrogen) atoms. The fourth-order valence-corrected chi connectivity index (χ4v) is 11.9. The summed E-state index contributed by atoms with van der Waals surface area (Å²) in [4.78, 5) is 72.9. The van der Waals surface area contributed by atoms with Crippen LogP contribution in [0, 0.1) is 17.8 Å². The number of fused-ring (bicyclic) bond motifs is 5. The summed E-state index contributed by atoms with van der Waals surface area (Å²) in [6, 6.07) is 14.1. The van der Waals surface area contributed by atoms with Gasteiger partial charge in [0.05, 0.1) is 43.0 Å². The van der Waals surface area contributed by atoms with Crippen LogP contribution in [0.25, 0.3) is 44.5 Å². The van der Waals surface area contributed by atoms with E-state index in [-0.39, 0.29) is 35.7 Å². The van der Waals surface area contributed by atoms with Gasteiger partial charge in [0.15, 0.2) is 0 Å². The Bertz CT molecular complexity index is 2720. The van der Waals surface area contributed by atoms with Crippen molar-refractivity contribution in [1.82, 2.24) is 40.4 Å². The van der Waals surface area contributed by atoms with E-state index in [1.54, 1.807) is 0 Å². The van der Waals surface area contributed by atoms with Gasteiger partial charge in [-0.05, 0) is 145 Å². The molecule has 3 unspecified atom stereocenters. The Balaban J connectivity index is 0.930. The van der Waals surface area contributed by atoms with E-state index in [2.05, 4.69) is 63.1 Å². The second kappa shape index (κ2) is 17.6. The van der Waals surface area contributed by atoms with Crippen LogP contribution in [0.3, 0.4) is 0 Å². The number of aromatic amines is 2. The molecule has 0 bridgehead atoms. The summed E-state index contributed by atoms with van der Waals surface area (Å²) < 4.78 is 9.66.